The molecule has 1 aromatic carbocycles. The van der Waals surface area contributed by atoms with Gasteiger partial charge in [-0.3, -0.25) is 9.78 Å². The molecule has 6 nitrogen and oxygen atoms in total. The van der Waals surface area contributed by atoms with Crippen molar-refractivity contribution >= 4 is 11.6 Å². The molecule has 1 saturated heterocycles. The summed E-state index contributed by atoms with van der Waals surface area (Å²) in [5.74, 6) is -0.155. The lowest BCUT2D eigenvalue weighted by Gasteiger charge is -2.32. The van der Waals surface area contributed by atoms with Gasteiger partial charge in [0.2, 0.25) is 0 Å². The van der Waals surface area contributed by atoms with Gasteiger partial charge in [-0.1, -0.05) is 12.1 Å². The monoisotopic (exact) mass is 443 g/mol. The van der Waals surface area contributed by atoms with E-state index in [0.29, 0.717) is 24.3 Å². The average molecular weight is 444 g/mol. The molecule has 0 bridgehead atoms. The highest BCUT2D eigenvalue weighted by atomic mass is 19.1. The summed E-state index contributed by atoms with van der Waals surface area (Å²) in [5, 5.41) is 4.38. The largest absolute Gasteiger partial charge is 0.338 e. The first-order chi connectivity index (χ1) is 15.9. The summed E-state index contributed by atoms with van der Waals surface area (Å²) in [6.45, 7) is 7.15. The highest BCUT2D eigenvalue weighted by molar-refractivity contribution is 5.99. The van der Waals surface area contributed by atoms with Gasteiger partial charge < -0.3 is 4.90 Å². The minimum Gasteiger partial charge on any atom is -0.338 e. The number of carbonyl (C=O) groups is 1. The minimum atomic E-state index is -0.251. The highest BCUT2D eigenvalue weighted by Crippen LogP contribution is 2.30. The number of aromatic nitrogens is 4. The Morgan fingerprint density at radius 1 is 1.00 bits per heavy atom. The number of likely N-dealkylation sites (tertiary alicyclic amines) is 1. The molecular formula is C26H26FN5O. The fourth-order valence-electron chi connectivity index (χ4n) is 4.71. The predicted molar refractivity (Wildman–Crippen MR) is 125 cm³/mol. The summed E-state index contributed by atoms with van der Waals surface area (Å²) < 4.78 is 15.1. The molecule has 0 unspecified atom stereocenters. The van der Waals surface area contributed by atoms with Crippen LogP contribution in [0.25, 0.3) is 16.8 Å². The molecule has 1 aliphatic rings. The number of rotatable bonds is 3. The molecule has 0 spiro atoms. The van der Waals surface area contributed by atoms with Crippen LogP contribution in [0.5, 0.6) is 0 Å². The van der Waals surface area contributed by atoms with Crippen molar-refractivity contribution in [1.29, 1.82) is 0 Å². The molecule has 0 N–H and O–H groups in total. The summed E-state index contributed by atoms with van der Waals surface area (Å²) in [5.41, 5.74) is 6.80. The van der Waals surface area contributed by atoms with Crippen molar-refractivity contribution in [3.8, 4) is 11.1 Å². The number of aryl methyl sites for hydroxylation is 3. The Bertz CT molecular complexity index is 1350. The molecule has 5 rings (SSSR count). The number of hydrogen-bond donors (Lipinski definition) is 0. The molecule has 1 aliphatic heterocycles. The van der Waals surface area contributed by atoms with Gasteiger partial charge in [-0.2, -0.15) is 5.10 Å². The third-order valence-corrected chi connectivity index (χ3v) is 6.29. The standard InChI is InChI=1S/C26H26FN5O/c1-16-11-18(3)32-25(30-16)23(14-28-32)26(33)31-10-4-5-20(15-31)24-13-21(12-17(2)29-24)19-6-8-22(27)9-7-19/h6-9,11-14,20H,4-5,10,15H2,1-3H3/t20-/m0/s1. The SMILES string of the molecule is Cc1cc(-c2ccc(F)cc2)cc([C@H]2CCCN(C(=O)c3cnn4c(C)cc(C)nc34)C2)n1. The first-order valence-corrected chi connectivity index (χ1v) is 11.2. The van der Waals surface area contributed by atoms with Crippen LogP contribution in [0.1, 0.15) is 51.9 Å². The number of piperidine rings is 1. The van der Waals surface area contributed by atoms with Gasteiger partial charge in [0.15, 0.2) is 5.65 Å². The summed E-state index contributed by atoms with van der Waals surface area (Å²) in [6.07, 6.45) is 3.50. The lowest BCUT2D eigenvalue weighted by atomic mass is 9.92. The number of nitrogens with zero attached hydrogens (tertiary/aromatic N) is 5. The predicted octanol–water partition coefficient (Wildman–Crippen LogP) is 4.88. The van der Waals surface area contributed by atoms with Gasteiger partial charge in [0.25, 0.3) is 5.91 Å². The van der Waals surface area contributed by atoms with Crippen molar-refractivity contribution in [2.75, 3.05) is 13.1 Å². The zero-order chi connectivity index (χ0) is 23.1. The molecular weight excluding hydrogens is 417 g/mol. The molecule has 168 valence electrons. The van der Waals surface area contributed by atoms with Gasteiger partial charge >= 0.3 is 0 Å². The summed E-state index contributed by atoms with van der Waals surface area (Å²) in [7, 11) is 0. The van der Waals surface area contributed by atoms with Crippen LogP contribution < -0.4 is 0 Å². The highest BCUT2D eigenvalue weighted by Gasteiger charge is 2.29. The van der Waals surface area contributed by atoms with E-state index in [9.17, 15) is 9.18 Å². The van der Waals surface area contributed by atoms with E-state index in [4.69, 9.17) is 4.98 Å². The molecule has 1 fully saturated rings. The van der Waals surface area contributed by atoms with Crippen molar-refractivity contribution < 1.29 is 9.18 Å². The van der Waals surface area contributed by atoms with E-state index in [-0.39, 0.29) is 17.6 Å². The van der Waals surface area contributed by atoms with Gasteiger partial charge in [-0.05, 0) is 75.1 Å². The van der Waals surface area contributed by atoms with E-state index < -0.39 is 0 Å². The number of fused-ring (bicyclic) bond motifs is 1. The smallest absolute Gasteiger partial charge is 0.259 e. The van der Waals surface area contributed by atoms with Crippen LogP contribution in [0, 0.1) is 26.6 Å². The fourth-order valence-corrected chi connectivity index (χ4v) is 4.71. The number of amides is 1. The summed E-state index contributed by atoms with van der Waals surface area (Å²) in [6, 6.07) is 12.5. The van der Waals surface area contributed by atoms with Crippen LogP contribution in [-0.4, -0.2) is 43.5 Å². The van der Waals surface area contributed by atoms with Gasteiger partial charge in [0.1, 0.15) is 11.4 Å². The molecule has 0 saturated carbocycles. The number of halogens is 1. The first kappa shape index (κ1) is 21.2. The Morgan fingerprint density at radius 3 is 2.55 bits per heavy atom. The van der Waals surface area contributed by atoms with E-state index in [0.717, 1.165) is 46.7 Å². The Kier molecular flexibility index (Phi) is 5.40. The Morgan fingerprint density at radius 2 is 1.76 bits per heavy atom. The molecule has 1 atom stereocenters. The molecule has 4 aromatic rings. The number of pyridine rings is 1. The number of benzene rings is 1. The molecule has 7 heteroatoms. The second-order valence-corrected chi connectivity index (χ2v) is 8.85. The number of hydrogen-bond acceptors (Lipinski definition) is 4. The lowest BCUT2D eigenvalue weighted by Crippen LogP contribution is -2.39. The van der Waals surface area contributed by atoms with Crippen LogP contribution in [0.2, 0.25) is 0 Å². The maximum atomic E-state index is 13.4. The summed E-state index contributed by atoms with van der Waals surface area (Å²) in [4.78, 5) is 24.7. The average Bonchev–Trinajstić information content (AvgIpc) is 3.23. The lowest BCUT2D eigenvalue weighted by molar-refractivity contribution is 0.0707. The Hall–Kier alpha value is -3.61. The van der Waals surface area contributed by atoms with Gasteiger partial charge in [0.05, 0.1) is 6.20 Å². The topological polar surface area (TPSA) is 63.4 Å². The second-order valence-electron chi connectivity index (χ2n) is 8.85. The van der Waals surface area contributed by atoms with Crippen molar-refractivity contribution in [2.45, 2.75) is 39.5 Å². The molecule has 4 heterocycles. The van der Waals surface area contributed by atoms with Crippen LogP contribution in [0.3, 0.4) is 0 Å². The van der Waals surface area contributed by atoms with Crippen molar-refractivity contribution in [3.05, 3.63) is 82.8 Å². The summed E-state index contributed by atoms with van der Waals surface area (Å²) >= 11 is 0. The van der Waals surface area contributed by atoms with E-state index >= 15 is 0 Å². The maximum Gasteiger partial charge on any atom is 0.259 e. The molecule has 33 heavy (non-hydrogen) atoms. The Balaban J connectivity index is 1.43. The third kappa shape index (κ3) is 4.11. The van der Waals surface area contributed by atoms with Crippen molar-refractivity contribution in [3.63, 3.8) is 0 Å². The third-order valence-electron chi connectivity index (χ3n) is 6.29. The van der Waals surface area contributed by atoms with E-state index in [2.05, 4.69) is 16.1 Å². The molecule has 3 aromatic heterocycles. The maximum absolute atomic E-state index is 13.4. The van der Waals surface area contributed by atoms with Crippen molar-refractivity contribution in [1.82, 2.24) is 24.5 Å². The van der Waals surface area contributed by atoms with E-state index in [1.165, 1.54) is 12.1 Å². The zero-order valence-electron chi connectivity index (χ0n) is 19.0. The molecule has 0 radical (unpaired) electrons. The van der Waals surface area contributed by atoms with Gasteiger partial charge in [0, 0.05) is 41.8 Å². The Labute approximate surface area is 192 Å². The van der Waals surface area contributed by atoms with Crippen LogP contribution in [0.4, 0.5) is 4.39 Å². The van der Waals surface area contributed by atoms with Gasteiger partial charge in [-0.15, -0.1) is 0 Å². The van der Waals surface area contributed by atoms with Gasteiger partial charge in [-0.25, -0.2) is 13.9 Å². The second kappa shape index (κ2) is 8.39. The minimum absolute atomic E-state index is 0.0430. The molecule has 1 amide bonds. The quantitative estimate of drug-likeness (QED) is 0.453. The van der Waals surface area contributed by atoms with Crippen LogP contribution in [0.15, 0.2) is 48.7 Å². The van der Waals surface area contributed by atoms with Crippen LogP contribution >= 0.6 is 0 Å². The normalized spacial score (nSPS) is 16.4. The van der Waals surface area contributed by atoms with E-state index in [1.54, 1.807) is 22.8 Å². The molecule has 0 aliphatic carbocycles. The fraction of sp³-hybridized carbons (Fsp3) is 0.308. The first-order valence-electron chi connectivity index (χ1n) is 11.2. The number of carbonyl (C=O) groups excluding carboxylic acids is 1. The van der Waals surface area contributed by atoms with Crippen LogP contribution in [-0.2, 0) is 0 Å². The zero-order valence-corrected chi connectivity index (χ0v) is 19.0. The van der Waals surface area contributed by atoms with E-state index in [1.807, 2.05) is 37.8 Å². The van der Waals surface area contributed by atoms with Crippen molar-refractivity contribution in [2.24, 2.45) is 0 Å².